The Kier molecular flexibility index (Phi) is 60.3. The quantitative estimate of drug-likeness (QED) is 0.0360. The Bertz CT molecular complexity index is 1160. The molecule has 2 N–H and O–H groups in total. The molecule has 2 atom stereocenters. The highest BCUT2D eigenvalue weighted by Gasteiger charge is 2.19. The van der Waals surface area contributed by atoms with Crippen molar-refractivity contribution in [3.05, 3.63) is 36.5 Å². The van der Waals surface area contributed by atoms with E-state index in [0.29, 0.717) is 19.4 Å². The fourth-order valence-electron chi connectivity index (χ4n) is 10.2. The monoisotopic (exact) mass is 1010 g/mol. The van der Waals surface area contributed by atoms with Crippen molar-refractivity contribution in [3.8, 4) is 0 Å². The predicted octanol–water partition coefficient (Wildman–Crippen LogP) is 21.5. The van der Waals surface area contributed by atoms with Crippen LogP contribution in [-0.2, 0) is 14.3 Å². The highest BCUT2D eigenvalue weighted by atomic mass is 16.5. The first kappa shape index (κ1) is 70.3. The lowest BCUT2D eigenvalue weighted by Crippen LogP contribution is -2.24. The maximum atomic E-state index is 12.6. The molecule has 0 aromatic rings. The molecular weight excluding hydrogens is 885 g/mol. The molecule has 5 nitrogen and oxygen atoms in total. The summed E-state index contributed by atoms with van der Waals surface area (Å²) < 4.78 is 5.48. The van der Waals surface area contributed by atoms with Crippen LogP contribution in [0.1, 0.15) is 354 Å². The van der Waals surface area contributed by atoms with Crippen LogP contribution >= 0.6 is 0 Å². The minimum absolute atomic E-state index is 0.00458. The first-order valence-corrected chi connectivity index (χ1v) is 32.5. The fraction of sp³-hybridized carbons (Fsp3) is 0.881. The molecule has 0 amide bonds. The Morgan fingerprint density at radius 2 is 0.681 bits per heavy atom. The highest BCUT2D eigenvalue weighted by Crippen LogP contribution is 2.19. The summed E-state index contributed by atoms with van der Waals surface area (Å²) in [6.07, 6.45) is 78.7. The number of carbonyl (C=O) groups excluding carboxylic acids is 2. The number of carbonyl (C=O) groups is 2. The molecule has 0 saturated heterocycles. The maximum absolute atomic E-state index is 12.6. The molecule has 0 aromatic heterocycles. The number of ketones is 1. The van der Waals surface area contributed by atoms with Crippen molar-refractivity contribution in [2.75, 3.05) is 13.2 Å². The van der Waals surface area contributed by atoms with Crippen LogP contribution in [0.2, 0.25) is 0 Å². The molecule has 0 aliphatic heterocycles. The number of aliphatic hydroxyl groups excluding tert-OH is 2. The van der Waals surface area contributed by atoms with Gasteiger partial charge in [0.15, 0.2) is 0 Å². The molecule has 0 aliphatic rings. The second kappa shape index (κ2) is 61.8. The van der Waals surface area contributed by atoms with Crippen LogP contribution < -0.4 is 0 Å². The van der Waals surface area contributed by atoms with Gasteiger partial charge in [-0.3, -0.25) is 9.59 Å². The van der Waals surface area contributed by atoms with E-state index in [1.165, 1.54) is 270 Å². The van der Waals surface area contributed by atoms with Crippen LogP contribution in [0.3, 0.4) is 0 Å². The second-order valence-corrected chi connectivity index (χ2v) is 22.4. The fourth-order valence-corrected chi connectivity index (χ4v) is 10.2. The third-order valence-corrected chi connectivity index (χ3v) is 15.2. The van der Waals surface area contributed by atoms with Gasteiger partial charge in [-0.1, -0.05) is 307 Å². The number of Topliss-reactive ketones (excluding diaryl/α,β-unsaturated/α-hetero) is 1. The molecule has 0 heterocycles. The summed E-state index contributed by atoms with van der Waals surface area (Å²) in [4.78, 5) is 24.6. The summed E-state index contributed by atoms with van der Waals surface area (Å²) >= 11 is 0. The Morgan fingerprint density at radius 3 is 1.07 bits per heavy atom. The summed E-state index contributed by atoms with van der Waals surface area (Å²) in [7, 11) is 0. The third kappa shape index (κ3) is 57.6. The van der Waals surface area contributed by atoms with E-state index in [-0.39, 0.29) is 30.7 Å². The molecule has 0 saturated carbocycles. The zero-order valence-electron chi connectivity index (χ0n) is 48.6. The van der Waals surface area contributed by atoms with Gasteiger partial charge in [-0.2, -0.15) is 0 Å². The van der Waals surface area contributed by atoms with Crippen molar-refractivity contribution in [2.24, 2.45) is 5.92 Å². The van der Waals surface area contributed by atoms with E-state index >= 15 is 0 Å². The lowest BCUT2D eigenvalue weighted by Gasteiger charge is -2.17. The standard InChI is InChI=1S/C67H126O5/c1-3-5-7-9-11-13-15-17-31-36-40-44-48-52-56-60-67(71)72-61-57-53-49-45-41-37-33-30-28-26-24-22-20-18-19-21-23-25-27-29-32-35-38-42-46-50-54-58-65(69)62-64(63-68)66(70)59-55-51-47-43-39-34-16-14-12-10-8-6-4-2/h11,13,17,31,55,59,64,66,68,70H,3-10,12,14-16,18-30,32-54,56-58,60-63H2,1-2H3. The number of rotatable bonds is 61. The number of ether oxygens (including phenoxy) is 1. The first-order valence-electron chi connectivity index (χ1n) is 32.5. The largest absolute Gasteiger partial charge is 0.466 e. The van der Waals surface area contributed by atoms with Gasteiger partial charge >= 0.3 is 5.97 Å². The molecule has 0 radical (unpaired) electrons. The number of unbranched alkanes of at least 4 members (excludes halogenated alkanes) is 45. The Hall–Kier alpha value is -1.72. The normalized spacial score (nSPS) is 12.8. The summed E-state index contributed by atoms with van der Waals surface area (Å²) in [5.41, 5.74) is 0. The van der Waals surface area contributed by atoms with E-state index < -0.39 is 6.10 Å². The van der Waals surface area contributed by atoms with Gasteiger partial charge < -0.3 is 14.9 Å². The van der Waals surface area contributed by atoms with Gasteiger partial charge in [0.2, 0.25) is 0 Å². The second-order valence-electron chi connectivity index (χ2n) is 22.4. The zero-order chi connectivity index (χ0) is 52.2. The molecule has 0 bridgehead atoms. The molecule has 0 aliphatic carbocycles. The lowest BCUT2D eigenvalue weighted by atomic mass is 9.94. The minimum Gasteiger partial charge on any atom is -0.466 e. The zero-order valence-corrected chi connectivity index (χ0v) is 48.6. The Balaban J connectivity index is 3.36. The molecule has 5 heteroatoms. The van der Waals surface area contributed by atoms with E-state index in [4.69, 9.17) is 4.74 Å². The van der Waals surface area contributed by atoms with Crippen LogP contribution in [0.25, 0.3) is 0 Å². The molecular formula is C67H126O5. The Labute approximate surface area is 450 Å². The minimum atomic E-state index is -0.731. The average molecular weight is 1010 g/mol. The smallest absolute Gasteiger partial charge is 0.305 e. The predicted molar refractivity (Wildman–Crippen MR) is 316 cm³/mol. The lowest BCUT2D eigenvalue weighted by molar-refractivity contribution is -0.143. The van der Waals surface area contributed by atoms with E-state index in [1.54, 1.807) is 0 Å². The highest BCUT2D eigenvalue weighted by molar-refractivity contribution is 5.78. The van der Waals surface area contributed by atoms with Gasteiger partial charge in [-0.05, 0) is 64.2 Å². The number of allylic oxidation sites excluding steroid dienone is 5. The van der Waals surface area contributed by atoms with Crippen molar-refractivity contribution in [1.82, 2.24) is 0 Å². The first-order chi connectivity index (χ1) is 35.5. The van der Waals surface area contributed by atoms with Gasteiger partial charge in [0.1, 0.15) is 5.78 Å². The number of hydrogen-bond acceptors (Lipinski definition) is 5. The maximum Gasteiger partial charge on any atom is 0.305 e. The topological polar surface area (TPSA) is 83.8 Å². The average Bonchev–Trinajstić information content (AvgIpc) is 3.38. The molecule has 2 unspecified atom stereocenters. The van der Waals surface area contributed by atoms with E-state index in [1.807, 2.05) is 12.2 Å². The van der Waals surface area contributed by atoms with Crippen molar-refractivity contribution < 1.29 is 24.5 Å². The van der Waals surface area contributed by atoms with Crippen LogP contribution in [0.15, 0.2) is 36.5 Å². The summed E-state index contributed by atoms with van der Waals surface area (Å²) in [5, 5.41) is 20.4. The summed E-state index contributed by atoms with van der Waals surface area (Å²) in [6.45, 7) is 5.00. The van der Waals surface area contributed by atoms with Gasteiger partial charge in [-0.25, -0.2) is 0 Å². The van der Waals surface area contributed by atoms with Crippen LogP contribution in [-0.4, -0.2) is 41.3 Å². The molecule has 0 aromatic carbocycles. The SMILES string of the molecule is CCCCCC=CCC=CCCCCCCCC(=O)OCCCCCCCCCCCCCCCCCCCCCCCCCCCCCC(=O)CC(CO)C(O)C=CCCCCCCCCCCCCC. The van der Waals surface area contributed by atoms with Gasteiger partial charge in [0.25, 0.3) is 0 Å². The van der Waals surface area contributed by atoms with Gasteiger partial charge in [0.05, 0.1) is 12.7 Å². The molecule has 424 valence electrons. The molecule has 0 fully saturated rings. The summed E-state index contributed by atoms with van der Waals surface area (Å²) in [6, 6.07) is 0. The van der Waals surface area contributed by atoms with Crippen LogP contribution in [0, 0.1) is 5.92 Å². The van der Waals surface area contributed by atoms with E-state index in [9.17, 15) is 19.8 Å². The molecule has 0 rings (SSSR count). The van der Waals surface area contributed by atoms with Gasteiger partial charge in [-0.15, -0.1) is 0 Å². The van der Waals surface area contributed by atoms with Crippen molar-refractivity contribution in [3.63, 3.8) is 0 Å². The number of hydrogen-bond donors (Lipinski definition) is 2. The van der Waals surface area contributed by atoms with Crippen molar-refractivity contribution in [2.45, 2.75) is 360 Å². The molecule has 72 heavy (non-hydrogen) atoms. The summed E-state index contributed by atoms with van der Waals surface area (Å²) in [5.74, 6) is -0.185. The van der Waals surface area contributed by atoms with Crippen LogP contribution in [0.4, 0.5) is 0 Å². The third-order valence-electron chi connectivity index (χ3n) is 15.2. The van der Waals surface area contributed by atoms with Gasteiger partial charge in [0, 0.05) is 31.8 Å². The van der Waals surface area contributed by atoms with Crippen molar-refractivity contribution in [1.29, 1.82) is 0 Å². The molecule has 0 spiro atoms. The Morgan fingerprint density at radius 1 is 0.375 bits per heavy atom. The van der Waals surface area contributed by atoms with Crippen molar-refractivity contribution >= 4 is 11.8 Å². The van der Waals surface area contributed by atoms with Crippen LogP contribution in [0.5, 0.6) is 0 Å². The number of esters is 1. The number of aliphatic hydroxyl groups is 2. The van der Waals surface area contributed by atoms with E-state index in [2.05, 4.69) is 38.2 Å². The van der Waals surface area contributed by atoms with E-state index in [0.717, 1.165) is 51.4 Å².